The minimum Gasteiger partial charge on any atom is -0.351 e. The number of pyridine rings is 1. The molecule has 0 aliphatic rings. The van der Waals surface area contributed by atoms with Crippen LogP contribution in [-0.2, 0) is 13.5 Å². The molecule has 3 aromatic rings. The van der Waals surface area contributed by atoms with E-state index in [2.05, 4.69) is 15.4 Å². The number of aryl methyl sites for hydroxylation is 3. The molecule has 3 rings (SSSR count). The van der Waals surface area contributed by atoms with Crippen LogP contribution in [0.25, 0.3) is 11.3 Å². The monoisotopic (exact) mass is 352 g/mol. The standard InChI is InChI=1S/C20H21FN4O/c1-14-11-16(7-8-17(14)21)19-12-18(24-25(19)2)20(26)23-10-4-6-15-5-3-9-22-13-15/h3,5,7-9,11-13H,4,6,10H2,1-2H3,(H,23,26). The number of nitrogens with one attached hydrogen (secondary N) is 1. The highest BCUT2D eigenvalue weighted by Crippen LogP contribution is 2.22. The molecular weight excluding hydrogens is 331 g/mol. The van der Waals surface area contributed by atoms with Crippen LogP contribution in [-0.4, -0.2) is 27.2 Å². The Morgan fingerprint density at radius 3 is 2.85 bits per heavy atom. The summed E-state index contributed by atoms with van der Waals surface area (Å²) >= 11 is 0. The van der Waals surface area contributed by atoms with Crippen molar-refractivity contribution in [3.63, 3.8) is 0 Å². The Morgan fingerprint density at radius 2 is 2.12 bits per heavy atom. The van der Waals surface area contributed by atoms with Crippen molar-refractivity contribution in [3.8, 4) is 11.3 Å². The molecule has 1 amide bonds. The summed E-state index contributed by atoms with van der Waals surface area (Å²) in [6.45, 7) is 2.28. The first kappa shape index (κ1) is 17.8. The minimum absolute atomic E-state index is 0.211. The minimum atomic E-state index is -0.248. The normalized spacial score (nSPS) is 10.7. The summed E-state index contributed by atoms with van der Waals surface area (Å²) < 4.78 is 15.1. The van der Waals surface area contributed by atoms with Crippen molar-refractivity contribution in [3.05, 3.63) is 71.4 Å². The molecular formula is C20H21FN4O. The van der Waals surface area contributed by atoms with Gasteiger partial charge in [-0.25, -0.2) is 4.39 Å². The van der Waals surface area contributed by atoms with Crippen LogP contribution in [0.4, 0.5) is 4.39 Å². The zero-order chi connectivity index (χ0) is 18.5. The lowest BCUT2D eigenvalue weighted by molar-refractivity contribution is 0.0947. The van der Waals surface area contributed by atoms with Crippen LogP contribution in [0.2, 0.25) is 0 Å². The first-order chi connectivity index (χ1) is 12.5. The van der Waals surface area contributed by atoms with E-state index in [1.807, 2.05) is 18.3 Å². The Kier molecular flexibility index (Phi) is 5.41. The average Bonchev–Trinajstić information content (AvgIpc) is 3.04. The zero-order valence-corrected chi connectivity index (χ0v) is 14.9. The van der Waals surface area contributed by atoms with Crippen LogP contribution in [0.3, 0.4) is 0 Å². The Morgan fingerprint density at radius 1 is 1.27 bits per heavy atom. The number of carbonyl (C=O) groups is 1. The summed E-state index contributed by atoms with van der Waals surface area (Å²) in [5.41, 5.74) is 3.66. The number of amides is 1. The number of hydrogen-bond donors (Lipinski definition) is 1. The third-order valence-electron chi connectivity index (χ3n) is 4.22. The Labute approximate surface area is 151 Å². The molecule has 0 aliphatic heterocycles. The quantitative estimate of drug-likeness (QED) is 0.693. The zero-order valence-electron chi connectivity index (χ0n) is 14.9. The lowest BCUT2D eigenvalue weighted by atomic mass is 10.1. The maximum absolute atomic E-state index is 13.5. The second-order valence-electron chi connectivity index (χ2n) is 6.22. The number of benzene rings is 1. The molecule has 0 radical (unpaired) electrons. The number of rotatable bonds is 6. The maximum Gasteiger partial charge on any atom is 0.271 e. The van der Waals surface area contributed by atoms with Gasteiger partial charge in [0.1, 0.15) is 5.82 Å². The van der Waals surface area contributed by atoms with E-state index in [1.165, 1.54) is 6.07 Å². The van der Waals surface area contributed by atoms with E-state index in [9.17, 15) is 9.18 Å². The van der Waals surface area contributed by atoms with Gasteiger partial charge in [0.25, 0.3) is 5.91 Å². The van der Waals surface area contributed by atoms with Gasteiger partial charge in [-0.2, -0.15) is 5.10 Å². The average molecular weight is 352 g/mol. The van der Waals surface area contributed by atoms with Gasteiger partial charge >= 0.3 is 0 Å². The van der Waals surface area contributed by atoms with Gasteiger partial charge in [0.2, 0.25) is 0 Å². The number of carbonyl (C=O) groups excluding carboxylic acids is 1. The fourth-order valence-electron chi connectivity index (χ4n) is 2.78. The van der Waals surface area contributed by atoms with E-state index in [0.717, 1.165) is 29.7 Å². The molecule has 0 bridgehead atoms. The summed E-state index contributed by atoms with van der Waals surface area (Å²) in [7, 11) is 1.77. The van der Waals surface area contributed by atoms with E-state index in [0.29, 0.717) is 17.8 Å². The molecule has 0 saturated heterocycles. The van der Waals surface area contributed by atoms with E-state index < -0.39 is 0 Å². The van der Waals surface area contributed by atoms with Crippen molar-refractivity contribution in [2.24, 2.45) is 7.05 Å². The van der Waals surface area contributed by atoms with Crippen molar-refractivity contribution in [2.75, 3.05) is 6.54 Å². The fraction of sp³-hybridized carbons (Fsp3) is 0.250. The number of halogens is 1. The lowest BCUT2D eigenvalue weighted by Gasteiger charge is -2.03. The predicted octanol–water partition coefficient (Wildman–Crippen LogP) is 3.29. The highest BCUT2D eigenvalue weighted by Gasteiger charge is 2.14. The van der Waals surface area contributed by atoms with Crippen LogP contribution >= 0.6 is 0 Å². The molecule has 0 spiro atoms. The number of aromatic nitrogens is 3. The highest BCUT2D eigenvalue weighted by molar-refractivity contribution is 5.93. The molecule has 6 heteroatoms. The smallest absolute Gasteiger partial charge is 0.271 e. The number of nitrogens with zero attached hydrogens (tertiary/aromatic N) is 3. The van der Waals surface area contributed by atoms with Crippen molar-refractivity contribution in [2.45, 2.75) is 19.8 Å². The van der Waals surface area contributed by atoms with Crippen LogP contribution in [0.1, 0.15) is 28.0 Å². The van der Waals surface area contributed by atoms with E-state index in [4.69, 9.17) is 0 Å². The second kappa shape index (κ2) is 7.91. The molecule has 0 unspecified atom stereocenters. The summed E-state index contributed by atoms with van der Waals surface area (Å²) in [4.78, 5) is 16.4. The molecule has 26 heavy (non-hydrogen) atoms. The van der Waals surface area contributed by atoms with Crippen LogP contribution in [0, 0.1) is 12.7 Å². The van der Waals surface area contributed by atoms with Crippen LogP contribution in [0.5, 0.6) is 0 Å². The van der Waals surface area contributed by atoms with Crippen LogP contribution < -0.4 is 5.32 Å². The molecule has 5 nitrogen and oxygen atoms in total. The number of hydrogen-bond acceptors (Lipinski definition) is 3. The Hall–Kier alpha value is -3.02. The molecule has 0 aliphatic carbocycles. The SMILES string of the molecule is Cc1cc(-c2cc(C(=O)NCCCc3cccnc3)nn2C)ccc1F. The molecule has 2 heterocycles. The molecule has 0 fully saturated rings. The molecule has 2 aromatic heterocycles. The third-order valence-corrected chi connectivity index (χ3v) is 4.22. The molecule has 0 atom stereocenters. The largest absolute Gasteiger partial charge is 0.351 e. The summed E-state index contributed by atoms with van der Waals surface area (Å²) in [5, 5.41) is 7.16. The summed E-state index contributed by atoms with van der Waals surface area (Å²) in [6.07, 6.45) is 5.26. The predicted molar refractivity (Wildman–Crippen MR) is 98.2 cm³/mol. The summed E-state index contributed by atoms with van der Waals surface area (Å²) in [6, 6.07) is 10.5. The van der Waals surface area contributed by atoms with Crippen molar-refractivity contribution >= 4 is 5.91 Å². The molecule has 134 valence electrons. The second-order valence-corrected chi connectivity index (χ2v) is 6.22. The van der Waals surface area contributed by atoms with Crippen molar-refractivity contribution < 1.29 is 9.18 Å². The van der Waals surface area contributed by atoms with E-state index in [-0.39, 0.29) is 11.7 Å². The maximum atomic E-state index is 13.5. The van der Waals surface area contributed by atoms with Gasteiger partial charge in [0, 0.05) is 31.5 Å². The summed E-state index contributed by atoms with van der Waals surface area (Å²) in [5.74, 6) is -0.459. The van der Waals surface area contributed by atoms with Gasteiger partial charge in [-0.05, 0) is 61.2 Å². The molecule has 1 N–H and O–H groups in total. The third kappa shape index (κ3) is 4.14. The van der Waals surface area contributed by atoms with Gasteiger partial charge in [-0.1, -0.05) is 6.07 Å². The van der Waals surface area contributed by atoms with Gasteiger partial charge in [-0.3, -0.25) is 14.5 Å². The van der Waals surface area contributed by atoms with E-state index >= 15 is 0 Å². The molecule has 0 saturated carbocycles. The van der Waals surface area contributed by atoms with Gasteiger partial charge < -0.3 is 5.32 Å². The van der Waals surface area contributed by atoms with E-state index in [1.54, 1.807) is 43.0 Å². The van der Waals surface area contributed by atoms with Gasteiger partial charge in [-0.15, -0.1) is 0 Å². The van der Waals surface area contributed by atoms with Gasteiger partial charge in [0.15, 0.2) is 5.69 Å². The topological polar surface area (TPSA) is 59.8 Å². The molecule has 1 aromatic carbocycles. The Bertz CT molecular complexity index is 905. The van der Waals surface area contributed by atoms with Crippen LogP contribution in [0.15, 0.2) is 48.8 Å². The van der Waals surface area contributed by atoms with Crippen molar-refractivity contribution in [1.29, 1.82) is 0 Å². The first-order valence-corrected chi connectivity index (χ1v) is 8.52. The fourth-order valence-corrected chi connectivity index (χ4v) is 2.78. The lowest BCUT2D eigenvalue weighted by Crippen LogP contribution is -2.25. The highest BCUT2D eigenvalue weighted by atomic mass is 19.1. The Balaban J connectivity index is 1.60. The van der Waals surface area contributed by atoms with Gasteiger partial charge in [0.05, 0.1) is 5.69 Å². The van der Waals surface area contributed by atoms with Crippen molar-refractivity contribution in [1.82, 2.24) is 20.1 Å². The first-order valence-electron chi connectivity index (χ1n) is 8.52.